The first-order valence-corrected chi connectivity index (χ1v) is 8.88. The highest BCUT2D eigenvalue weighted by Crippen LogP contribution is 2.23. The van der Waals surface area contributed by atoms with Crippen molar-refractivity contribution in [1.29, 1.82) is 0 Å². The van der Waals surface area contributed by atoms with E-state index < -0.39 is 5.60 Å². The molecule has 23 heavy (non-hydrogen) atoms. The van der Waals surface area contributed by atoms with E-state index in [1.54, 1.807) is 0 Å². The van der Waals surface area contributed by atoms with E-state index in [0.717, 1.165) is 18.4 Å². The summed E-state index contributed by atoms with van der Waals surface area (Å²) < 4.78 is 10.9. The van der Waals surface area contributed by atoms with Gasteiger partial charge in [-0.1, -0.05) is 75.8 Å². The van der Waals surface area contributed by atoms with Crippen LogP contribution in [0.25, 0.3) is 0 Å². The van der Waals surface area contributed by atoms with Crippen molar-refractivity contribution in [3.8, 4) is 0 Å². The molecular weight excluding hydrogens is 288 g/mol. The maximum absolute atomic E-state index is 12.1. The van der Waals surface area contributed by atoms with Crippen LogP contribution in [0.3, 0.4) is 0 Å². The van der Waals surface area contributed by atoms with Crippen LogP contribution in [0.2, 0.25) is 0 Å². The predicted octanol–water partition coefficient (Wildman–Crippen LogP) is 5.28. The first-order valence-electron chi connectivity index (χ1n) is 8.88. The summed E-state index contributed by atoms with van der Waals surface area (Å²) in [6.45, 7) is 4.51. The minimum absolute atomic E-state index is 0.278. The van der Waals surface area contributed by atoms with Crippen molar-refractivity contribution in [2.45, 2.75) is 77.4 Å². The fourth-order valence-electron chi connectivity index (χ4n) is 2.69. The normalized spacial score (nSPS) is 13.5. The van der Waals surface area contributed by atoms with Crippen LogP contribution in [0.1, 0.15) is 70.8 Å². The third-order valence-corrected chi connectivity index (χ3v) is 4.27. The zero-order valence-corrected chi connectivity index (χ0v) is 15.0. The molecule has 0 aliphatic heterocycles. The number of esters is 1. The Hall–Kier alpha value is -1.35. The van der Waals surface area contributed by atoms with Crippen molar-refractivity contribution in [2.75, 3.05) is 7.11 Å². The summed E-state index contributed by atoms with van der Waals surface area (Å²) in [5.74, 6) is -0.278. The summed E-state index contributed by atoms with van der Waals surface area (Å²) >= 11 is 0. The molecule has 0 amide bonds. The molecule has 1 unspecified atom stereocenters. The largest absolute Gasteiger partial charge is 0.467 e. The van der Waals surface area contributed by atoms with Crippen LogP contribution >= 0.6 is 0 Å². The second-order valence-electron chi connectivity index (χ2n) is 6.37. The summed E-state index contributed by atoms with van der Waals surface area (Å²) in [4.78, 5) is 12.1. The quantitative estimate of drug-likeness (QED) is 0.388. The molecule has 0 fully saturated rings. The number of rotatable bonds is 12. The van der Waals surface area contributed by atoms with Crippen molar-refractivity contribution in [3.05, 3.63) is 35.9 Å². The zero-order chi connectivity index (χ0) is 17.0. The first-order chi connectivity index (χ1) is 11.1. The van der Waals surface area contributed by atoms with Crippen LogP contribution in [0.15, 0.2) is 30.3 Å². The Morgan fingerprint density at radius 3 is 2.22 bits per heavy atom. The molecule has 0 saturated carbocycles. The number of unbranched alkanes of at least 4 members (excludes halogenated alkanes) is 6. The second-order valence-corrected chi connectivity index (χ2v) is 6.37. The van der Waals surface area contributed by atoms with Gasteiger partial charge in [-0.25, -0.2) is 4.79 Å². The van der Waals surface area contributed by atoms with Crippen LogP contribution < -0.4 is 0 Å². The fourth-order valence-corrected chi connectivity index (χ4v) is 2.69. The first kappa shape index (κ1) is 19.7. The van der Waals surface area contributed by atoms with Gasteiger partial charge in [-0.05, 0) is 25.3 Å². The lowest BCUT2D eigenvalue weighted by Crippen LogP contribution is -2.39. The minimum Gasteiger partial charge on any atom is -0.467 e. The molecule has 0 aliphatic carbocycles. The minimum atomic E-state index is -0.853. The number of hydrogen-bond donors (Lipinski definition) is 0. The Kier molecular flexibility index (Phi) is 9.61. The van der Waals surface area contributed by atoms with Gasteiger partial charge in [-0.2, -0.15) is 0 Å². The highest BCUT2D eigenvalue weighted by atomic mass is 16.6. The third-order valence-electron chi connectivity index (χ3n) is 4.27. The topological polar surface area (TPSA) is 35.5 Å². The number of benzene rings is 1. The van der Waals surface area contributed by atoms with E-state index >= 15 is 0 Å². The lowest BCUT2D eigenvalue weighted by atomic mass is 9.97. The Morgan fingerprint density at radius 2 is 1.61 bits per heavy atom. The average Bonchev–Trinajstić information content (AvgIpc) is 2.59. The predicted molar refractivity (Wildman–Crippen MR) is 94.3 cm³/mol. The molecule has 0 radical (unpaired) electrons. The van der Waals surface area contributed by atoms with E-state index in [4.69, 9.17) is 9.47 Å². The molecule has 0 bridgehead atoms. The number of carbonyl (C=O) groups is 1. The van der Waals surface area contributed by atoms with E-state index in [2.05, 4.69) is 6.92 Å². The molecule has 0 aromatic heterocycles. The molecule has 0 N–H and O–H groups in total. The standard InChI is InChI=1S/C20H32O3/c1-4-5-6-7-8-9-13-16-20(2,19(21)22-3)23-17-18-14-11-10-12-15-18/h10-12,14-15H,4-9,13,16-17H2,1-3H3. The molecular formula is C20H32O3. The van der Waals surface area contributed by atoms with Crippen LogP contribution in [0.4, 0.5) is 0 Å². The van der Waals surface area contributed by atoms with Crippen LogP contribution in [0, 0.1) is 0 Å². The van der Waals surface area contributed by atoms with Crippen LogP contribution in [-0.4, -0.2) is 18.7 Å². The van der Waals surface area contributed by atoms with E-state index in [0.29, 0.717) is 13.0 Å². The van der Waals surface area contributed by atoms with Gasteiger partial charge in [0.15, 0.2) is 5.60 Å². The van der Waals surface area contributed by atoms with Gasteiger partial charge in [-0.15, -0.1) is 0 Å². The summed E-state index contributed by atoms with van der Waals surface area (Å²) in [6, 6.07) is 9.94. The highest BCUT2D eigenvalue weighted by molar-refractivity contribution is 5.78. The third kappa shape index (κ3) is 7.65. The average molecular weight is 320 g/mol. The van der Waals surface area contributed by atoms with E-state index in [1.165, 1.54) is 39.2 Å². The highest BCUT2D eigenvalue weighted by Gasteiger charge is 2.34. The van der Waals surface area contributed by atoms with Gasteiger partial charge in [0, 0.05) is 0 Å². The maximum atomic E-state index is 12.1. The SMILES string of the molecule is CCCCCCCCCC(C)(OCc1ccccc1)C(=O)OC. The Balaban J connectivity index is 2.39. The molecule has 3 nitrogen and oxygen atoms in total. The van der Waals surface area contributed by atoms with Crippen molar-refractivity contribution in [3.63, 3.8) is 0 Å². The van der Waals surface area contributed by atoms with Gasteiger partial charge in [0.25, 0.3) is 0 Å². The lowest BCUT2D eigenvalue weighted by Gasteiger charge is -2.27. The van der Waals surface area contributed by atoms with Gasteiger partial charge in [0.2, 0.25) is 0 Å². The summed E-state index contributed by atoms with van der Waals surface area (Å²) in [5, 5.41) is 0. The number of methoxy groups -OCH3 is 1. The van der Waals surface area contributed by atoms with E-state index in [1.807, 2.05) is 37.3 Å². The Labute approximate surface area is 141 Å². The molecule has 3 heteroatoms. The molecule has 0 aliphatic rings. The molecule has 1 atom stereocenters. The van der Waals surface area contributed by atoms with Crippen molar-refractivity contribution in [1.82, 2.24) is 0 Å². The number of carbonyl (C=O) groups excluding carboxylic acids is 1. The summed E-state index contributed by atoms with van der Waals surface area (Å²) in [5.41, 5.74) is 0.218. The molecule has 0 heterocycles. The number of ether oxygens (including phenoxy) is 2. The lowest BCUT2D eigenvalue weighted by molar-refractivity contribution is -0.170. The Morgan fingerprint density at radius 1 is 1.00 bits per heavy atom. The van der Waals surface area contributed by atoms with E-state index in [-0.39, 0.29) is 5.97 Å². The van der Waals surface area contributed by atoms with Crippen molar-refractivity contribution >= 4 is 5.97 Å². The molecule has 1 aromatic rings. The summed E-state index contributed by atoms with van der Waals surface area (Å²) in [6.07, 6.45) is 9.27. The molecule has 1 rings (SSSR count). The maximum Gasteiger partial charge on any atom is 0.337 e. The van der Waals surface area contributed by atoms with Crippen molar-refractivity contribution < 1.29 is 14.3 Å². The van der Waals surface area contributed by atoms with Crippen LogP contribution in [0.5, 0.6) is 0 Å². The van der Waals surface area contributed by atoms with Crippen molar-refractivity contribution in [2.24, 2.45) is 0 Å². The van der Waals surface area contributed by atoms with Gasteiger partial charge in [0.05, 0.1) is 13.7 Å². The zero-order valence-electron chi connectivity index (χ0n) is 15.0. The fraction of sp³-hybridized carbons (Fsp3) is 0.650. The molecule has 0 saturated heterocycles. The van der Waals surface area contributed by atoms with Crippen LogP contribution in [-0.2, 0) is 20.9 Å². The van der Waals surface area contributed by atoms with Gasteiger partial charge in [0.1, 0.15) is 0 Å². The van der Waals surface area contributed by atoms with Gasteiger partial charge in [-0.3, -0.25) is 0 Å². The van der Waals surface area contributed by atoms with Gasteiger partial charge >= 0.3 is 5.97 Å². The molecule has 130 valence electrons. The second kappa shape index (κ2) is 11.2. The number of hydrogen-bond acceptors (Lipinski definition) is 3. The van der Waals surface area contributed by atoms with Gasteiger partial charge < -0.3 is 9.47 Å². The smallest absolute Gasteiger partial charge is 0.337 e. The summed E-state index contributed by atoms with van der Waals surface area (Å²) in [7, 11) is 1.43. The monoisotopic (exact) mass is 320 g/mol. The van der Waals surface area contributed by atoms with E-state index in [9.17, 15) is 4.79 Å². The Bertz CT molecular complexity index is 430. The molecule has 1 aromatic carbocycles. The molecule has 0 spiro atoms.